The smallest absolute Gasteiger partial charge is 0.261 e. The van der Waals surface area contributed by atoms with Crippen LogP contribution in [0.4, 0.5) is 10.1 Å². The van der Waals surface area contributed by atoms with Crippen molar-refractivity contribution in [3.8, 4) is 5.75 Å². The van der Waals surface area contributed by atoms with Crippen LogP contribution in [0.15, 0.2) is 52.5 Å². The Morgan fingerprint density at radius 3 is 2.67 bits per heavy atom. The van der Waals surface area contributed by atoms with Crippen molar-refractivity contribution in [1.29, 1.82) is 0 Å². The number of ether oxygens (including phenoxy) is 1. The van der Waals surface area contributed by atoms with Crippen LogP contribution in [-0.2, 0) is 13.0 Å². The summed E-state index contributed by atoms with van der Waals surface area (Å²) >= 11 is 0. The lowest BCUT2D eigenvalue weighted by Crippen LogP contribution is -2.63. The Kier molecular flexibility index (Phi) is 7.16. The number of hydrogen-bond acceptors (Lipinski definition) is 4. The second-order valence-electron chi connectivity index (χ2n) is 12.1. The molecule has 208 valence electrons. The summed E-state index contributed by atoms with van der Waals surface area (Å²) in [5.74, 6) is 2.61. The SMILES string of the molecule is COc1ccc(CCn2cnc3cc(N=C(N)N(C(C)C)C4C[C@@H]5C[C@H]([C@@H]4C)C5(C)C)ccc3c2=O)c(F)c1. The maximum absolute atomic E-state index is 14.3. The highest BCUT2D eigenvalue weighted by Gasteiger charge is 2.57. The van der Waals surface area contributed by atoms with Crippen LogP contribution in [0.3, 0.4) is 0 Å². The Balaban J connectivity index is 1.35. The average molecular weight is 534 g/mol. The fraction of sp³-hybridized carbons (Fsp3) is 0.516. The van der Waals surface area contributed by atoms with Crippen molar-refractivity contribution in [2.24, 2.45) is 33.9 Å². The van der Waals surface area contributed by atoms with Gasteiger partial charge in [-0.1, -0.05) is 26.8 Å². The van der Waals surface area contributed by atoms with Gasteiger partial charge in [0.25, 0.3) is 5.56 Å². The largest absolute Gasteiger partial charge is 0.497 e. The number of nitrogens with two attached hydrogens (primary N) is 1. The molecule has 8 heteroatoms. The number of methoxy groups -OCH3 is 1. The van der Waals surface area contributed by atoms with E-state index >= 15 is 0 Å². The van der Waals surface area contributed by atoms with E-state index in [1.807, 2.05) is 6.07 Å². The molecule has 1 aromatic heterocycles. The van der Waals surface area contributed by atoms with Gasteiger partial charge in [0.05, 0.1) is 30.0 Å². The molecular weight excluding hydrogens is 493 g/mol. The first kappa shape index (κ1) is 27.2. The van der Waals surface area contributed by atoms with Crippen LogP contribution < -0.4 is 16.0 Å². The van der Waals surface area contributed by atoms with Crippen LogP contribution in [0.1, 0.15) is 53.0 Å². The third-order valence-electron chi connectivity index (χ3n) is 9.43. The maximum atomic E-state index is 14.3. The van der Waals surface area contributed by atoms with Gasteiger partial charge in [-0.2, -0.15) is 0 Å². The zero-order chi connectivity index (χ0) is 28.1. The first-order chi connectivity index (χ1) is 18.5. The lowest BCUT2D eigenvalue weighted by Gasteiger charge is -2.64. The topological polar surface area (TPSA) is 85.7 Å². The number of aromatic nitrogens is 2. The fourth-order valence-corrected chi connectivity index (χ4v) is 6.97. The number of hydrogen-bond donors (Lipinski definition) is 1. The van der Waals surface area contributed by atoms with Crippen molar-refractivity contribution < 1.29 is 9.13 Å². The summed E-state index contributed by atoms with van der Waals surface area (Å²) in [7, 11) is 1.50. The van der Waals surface area contributed by atoms with Crippen LogP contribution in [0.5, 0.6) is 5.75 Å². The molecule has 2 bridgehead atoms. The third-order valence-corrected chi connectivity index (χ3v) is 9.43. The second-order valence-corrected chi connectivity index (χ2v) is 12.1. The number of aliphatic imine (C=N–C) groups is 1. The van der Waals surface area contributed by atoms with Gasteiger partial charge >= 0.3 is 0 Å². The molecule has 2 N–H and O–H groups in total. The highest BCUT2D eigenvalue weighted by Crippen LogP contribution is 2.62. The molecule has 1 unspecified atom stereocenters. The zero-order valence-corrected chi connectivity index (χ0v) is 23.8. The minimum Gasteiger partial charge on any atom is -0.497 e. The lowest BCUT2D eigenvalue weighted by atomic mass is 9.44. The number of fused-ring (bicyclic) bond motifs is 3. The molecule has 0 amide bonds. The van der Waals surface area contributed by atoms with Crippen molar-refractivity contribution in [2.75, 3.05) is 7.11 Å². The predicted octanol–water partition coefficient (Wildman–Crippen LogP) is 5.51. The van der Waals surface area contributed by atoms with E-state index in [2.05, 4.69) is 44.5 Å². The molecule has 0 radical (unpaired) electrons. The standard InChI is InChI=1S/C31H40FN5O2/c1-18(2)37(28-14-21-13-25(19(28)3)31(21,4)5)30(33)35-22-8-10-24-27(15-22)34-17-36(29(24)38)12-11-20-7-9-23(39-6)16-26(20)32/h7-10,15-19,21,25,28H,11-14H2,1-6H3,(H2,33,35)/t19-,21-,25+,28?/m0/s1. The van der Waals surface area contributed by atoms with Crippen LogP contribution in [0, 0.1) is 29.0 Å². The lowest BCUT2D eigenvalue weighted by molar-refractivity contribution is -0.132. The van der Waals surface area contributed by atoms with Crippen LogP contribution >= 0.6 is 0 Å². The van der Waals surface area contributed by atoms with Gasteiger partial charge in [0.2, 0.25) is 0 Å². The Morgan fingerprint density at radius 1 is 1.26 bits per heavy atom. The number of halogens is 1. The number of aryl methyl sites for hydroxylation is 2. The molecule has 3 aliphatic rings. The van der Waals surface area contributed by atoms with Gasteiger partial charge in [-0.05, 0) is 86.1 Å². The normalized spacial score (nSPS) is 24.1. The quantitative estimate of drug-likeness (QED) is 0.320. The predicted molar refractivity (Wildman–Crippen MR) is 154 cm³/mol. The molecule has 39 heavy (non-hydrogen) atoms. The Hall–Kier alpha value is -3.42. The van der Waals surface area contributed by atoms with Crippen LogP contribution in [0.25, 0.3) is 10.9 Å². The molecule has 2 aromatic carbocycles. The number of guanidine groups is 1. The first-order valence-corrected chi connectivity index (χ1v) is 13.9. The van der Waals surface area contributed by atoms with Gasteiger partial charge in [-0.25, -0.2) is 14.4 Å². The molecule has 3 saturated carbocycles. The summed E-state index contributed by atoms with van der Waals surface area (Å²) in [6, 6.07) is 10.7. The van der Waals surface area contributed by atoms with E-state index in [1.54, 1.807) is 24.3 Å². The summed E-state index contributed by atoms with van der Waals surface area (Å²) in [6.07, 6.45) is 4.33. The second kappa shape index (κ2) is 10.3. The number of benzene rings is 2. The molecule has 3 aliphatic carbocycles. The molecule has 6 rings (SSSR count). The molecule has 3 aromatic rings. The van der Waals surface area contributed by atoms with E-state index in [0.717, 1.165) is 12.3 Å². The Labute approximate surface area is 229 Å². The van der Waals surface area contributed by atoms with Gasteiger partial charge in [-0.3, -0.25) is 9.36 Å². The van der Waals surface area contributed by atoms with E-state index in [1.165, 1.54) is 30.5 Å². The molecule has 0 spiro atoms. The maximum Gasteiger partial charge on any atom is 0.261 e. The van der Waals surface area contributed by atoms with E-state index in [-0.39, 0.29) is 17.4 Å². The summed E-state index contributed by atoms with van der Waals surface area (Å²) in [6.45, 7) is 11.8. The molecular formula is C31H40FN5O2. The monoisotopic (exact) mass is 533 g/mol. The van der Waals surface area contributed by atoms with E-state index in [0.29, 0.717) is 70.1 Å². The zero-order valence-electron chi connectivity index (χ0n) is 23.8. The molecule has 3 fully saturated rings. The minimum absolute atomic E-state index is 0.168. The van der Waals surface area contributed by atoms with E-state index < -0.39 is 0 Å². The van der Waals surface area contributed by atoms with Gasteiger partial charge in [0, 0.05) is 24.7 Å². The molecule has 0 aliphatic heterocycles. The summed E-state index contributed by atoms with van der Waals surface area (Å²) in [5, 5.41) is 0.495. The Morgan fingerprint density at radius 2 is 2.03 bits per heavy atom. The number of nitrogens with zero attached hydrogens (tertiary/aromatic N) is 4. The molecule has 4 atom stereocenters. The Bertz CT molecular complexity index is 1460. The van der Waals surface area contributed by atoms with Crippen molar-refractivity contribution in [2.45, 2.75) is 72.5 Å². The summed E-state index contributed by atoms with van der Waals surface area (Å²) < 4.78 is 20.9. The summed E-state index contributed by atoms with van der Waals surface area (Å²) in [4.78, 5) is 24.7. The molecule has 1 heterocycles. The summed E-state index contributed by atoms with van der Waals surface area (Å²) in [5.41, 5.74) is 8.64. The van der Waals surface area contributed by atoms with Crippen molar-refractivity contribution >= 4 is 22.5 Å². The van der Waals surface area contributed by atoms with Gasteiger partial charge in [-0.15, -0.1) is 0 Å². The van der Waals surface area contributed by atoms with E-state index in [4.69, 9.17) is 15.5 Å². The molecule has 7 nitrogen and oxygen atoms in total. The first-order valence-electron chi connectivity index (χ1n) is 13.9. The number of rotatable bonds is 7. The van der Waals surface area contributed by atoms with Gasteiger partial charge in [0.15, 0.2) is 5.96 Å². The highest BCUT2D eigenvalue weighted by molar-refractivity contribution is 5.85. The minimum atomic E-state index is -0.352. The third kappa shape index (κ3) is 4.90. The van der Waals surface area contributed by atoms with Crippen molar-refractivity contribution in [3.05, 3.63) is 64.5 Å². The average Bonchev–Trinajstić information content (AvgIpc) is 2.89. The highest BCUT2D eigenvalue weighted by atomic mass is 19.1. The van der Waals surface area contributed by atoms with Gasteiger partial charge < -0.3 is 15.4 Å². The fourth-order valence-electron chi connectivity index (χ4n) is 6.97. The molecule has 0 saturated heterocycles. The van der Waals surface area contributed by atoms with E-state index in [9.17, 15) is 9.18 Å². The van der Waals surface area contributed by atoms with Crippen LogP contribution in [0.2, 0.25) is 0 Å². The van der Waals surface area contributed by atoms with Crippen LogP contribution in [-0.4, -0.2) is 39.6 Å². The van der Waals surface area contributed by atoms with Crippen molar-refractivity contribution in [3.63, 3.8) is 0 Å². The van der Waals surface area contributed by atoms with Crippen molar-refractivity contribution in [1.82, 2.24) is 14.5 Å². The van der Waals surface area contributed by atoms with Gasteiger partial charge in [0.1, 0.15) is 11.6 Å².